The predicted octanol–water partition coefficient (Wildman–Crippen LogP) is 2.52. The topological polar surface area (TPSA) is 77.7 Å². The number of likely N-dealkylation sites (N-methyl/N-ethyl adjacent to an activating group) is 1. The fourth-order valence-corrected chi connectivity index (χ4v) is 3.74. The molecule has 3 rings (SSSR count). The molecule has 0 fully saturated rings. The SMILES string of the molecule is C=CC1(/C=C/c2cc(OC)ccc2OC)Nc2c(c(=O)n(CC)c(=O)n2CC)N1C. The van der Waals surface area contributed by atoms with E-state index in [2.05, 4.69) is 11.9 Å². The van der Waals surface area contributed by atoms with Gasteiger partial charge in [-0.3, -0.25) is 13.9 Å². The molecule has 1 aliphatic heterocycles. The highest BCUT2D eigenvalue weighted by Crippen LogP contribution is 2.38. The van der Waals surface area contributed by atoms with Crippen molar-refractivity contribution in [1.82, 2.24) is 9.13 Å². The lowest BCUT2D eigenvalue weighted by atomic mass is 10.1. The zero-order valence-corrected chi connectivity index (χ0v) is 18.1. The second kappa shape index (κ2) is 8.14. The van der Waals surface area contributed by atoms with Crippen molar-refractivity contribution in [2.45, 2.75) is 32.6 Å². The summed E-state index contributed by atoms with van der Waals surface area (Å²) in [6.45, 7) is 8.37. The molecule has 1 aromatic carbocycles. The first kappa shape index (κ1) is 21.3. The van der Waals surface area contributed by atoms with E-state index >= 15 is 0 Å². The summed E-state index contributed by atoms with van der Waals surface area (Å²) < 4.78 is 13.6. The number of hydrogen-bond acceptors (Lipinski definition) is 6. The number of benzene rings is 1. The third-order valence-electron chi connectivity index (χ3n) is 5.51. The predicted molar refractivity (Wildman–Crippen MR) is 120 cm³/mol. The molecule has 1 unspecified atom stereocenters. The Morgan fingerprint density at radius 1 is 1.13 bits per heavy atom. The number of nitrogens with zero attached hydrogens (tertiary/aromatic N) is 3. The molecule has 0 radical (unpaired) electrons. The van der Waals surface area contributed by atoms with Crippen LogP contribution in [0.5, 0.6) is 11.5 Å². The summed E-state index contributed by atoms with van der Waals surface area (Å²) in [5.74, 6) is 1.87. The second-order valence-corrected chi connectivity index (χ2v) is 6.93. The molecule has 30 heavy (non-hydrogen) atoms. The lowest BCUT2D eigenvalue weighted by Gasteiger charge is -2.31. The standard InChI is InChI=1S/C22H28N4O4/c1-7-22(13-12-15-14-16(29-5)10-11-17(15)30-6)23-19-18(24(22)4)20(27)26(9-3)21(28)25(19)8-2/h7,10-14,23H,1,8-9H2,2-6H3/b13-12+. The molecule has 8 nitrogen and oxygen atoms in total. The van der Waals surface area contributed by atoms with E-state index in [0.717, 1.165) is 5.56 Å². The average Bonchev–Trinajstić information content (AvgIpc) is 3.05. The van der Waals surface area contributed by atoms with E-state index in [1.54, 1.807) is 43.7 Å². The minimum Gasteiger partial charge on any atom is -0.497 e. The van der Waals surface area contributed by atoms with Gasteiger partial charge >= 0.3 is 5.69 Å². The molecule has 1 aliphatic rings. The molecule has 2 aromatic rings. The highest BCUT2D eigenvalue weighted by Gasteiger charge is 2.41. The molecule has 0 spiro atoms. The maximum Gasteiger partial charge on any atom is 0.332 e. The fraction of sp³-hybridized carbons (Fsp3) is 0.364. The molecule has 0 aliphatic carbocycles. The van der Waals surface area contributed by atoms with Gasteiger partial charge in [-0.1, -0.05) is 12.7 Å². The van der Waals surface area contributed by atoms with E-state index in [-0.39, 0.29) is 11.2 Å². The van der Waals surface area contributed by atoms with Crippen molar-refractivity contribution in [3.63, 3.8) is 0 Å². The number of nitrogens with one attached hydrogen (secondary N) is 1. The van der Waals surface area contributed by atoms with Crippen LogP contribution in [0.3, 0.4) is 0 Å². The van der Waals surface area contributed by atoms with Crippen molar-refractivity contribution in [2.75, 3.05) is 31.5 Å². The van der Waals surface area contributed by atoms with Gasteiger partial charge in [0, 0.05) is 25.7 Å². The van der Waals surface area contributed by atoms with Crippen LogP contribution in [0.25, 0.3) is 6.08 Å². The van der Waals surface area contributed by atoms with Crippen LogP contribution in [-0.2, 0) is 13.1 Å². The molecule has 0 bridgehead atoms. The molecule has 0 saturated carbocycles. The maximum absolute atomic E-state index is 13.0. The van der Waals surface area contributed by atoms with Crippen LogP contribution in [0.15, 0.2) is 46.5 Å². The molecule has 1 N–H and O–H groups in total. The molecule has 0 saturated heterocycles. The Labute approximate surface area is 175 Å². The first-order chi connectivity index (χ1) is 14.4. The largest absolute Gasteiger partial charge is 0.497 e. The quantitative estimate of drug-likeness (QED) is 0.704. The molecule has 1 aromatic heterocycles. The van der Waals surface area contributed by atoms with E-state index in [1.807, 2.05) is 37.3 Å². The molecule has 8 heteroatoms. The summed E-state index contributed by atoms with van der Waals surface area (Å²) in [4.78, 5) is 27.6. The summed E-state index contributed by atoms with van der Waals surface area (Å²) in [6.07, 6.45) is 5.47. The minimum atomic E-state index is -0.897. The number of anilines is 2. The summed E-state index contributed by atoms with van der Waals surface area (Å²) in [7, 11) is 5.01. The van der Waals surface area contributed by atoms with Gasteiger partial charge in [0.15, 0.2) is 5.66 Å². The normalized spacial score (nSPS) is 17.7. The first-order valence-electron chi connectivity index (χ1n) is 9.81. The lowest BCUT2D eigenvalue weighted by Crippen LogP contribution is -2.46. The lowest BCUT2D eigenvalue weighted by molar-refractivity contribution is 0.402. The summed E-state index contributed by atoms with van der Waals surface area (Å²) in [5.41, 5.74) is -0.314. The van der Waals surface area contributed by atoms with Gasteiger partial charge < -0.3 is 19.7 Å². The smallest absolute Gasteiger partial charge is 0.332 e. The van der Waals surface area contributed by atoms with Crippen molar-refractivity contribution in [1.29, 1.82) is 0 Å². The van der Waals surface area contributed by atoms with Crippen LogP contribution in [0.2, 0.25) is 0 Å². The van der Waals surface area contributed by atoms with Gasteiger partial charge in [0.25, 0.3) is 5.56 Å². The Balaban J connectivity index is 2.15. The number of hydrogen-bond donors (Lipinski definition) is 1. The van der Waals surface area contributed by atoms with Crippen LogP contribution in [0.1, 0.15) is 19.4 Å². The van der Waals surface area contributed by atoms with Crippen molar-refractivity contribution >= 4 is 17.6 Å². The fourth-order valence-electron chi connectivity index (χ4n) is 3.74. The Hall–Kier alpha value is -3.42. The van der Waals surface area contributed by atoms with Crippen molar-refractivity contribution in [3.8, 4) is 11.5 Å². The van der Waals surface area contributed by atoms with Crippen LogP contribution >= 0.6 is 0 Å². The zero-order chi connectivity index (χ0) is 22.1. The van der Waals surface area contributed by atoms with Gasteiger partial charge in [0.2, 0.25) is 0 Å². The summed E-state index contributed by atoms with van der Waals surface area (Å²) >= 11 is 0. The molecular formula is C22H28N4O4. The van der Waals surface area contributed by atoms with Crippen molar-refractivity contribution < 1.29 is 9.47 Å². The number of ether oxygens (including phenoxy) is 2. The third kappa shape index (κ3) is 3.18. The Bertz CT molecular complexity index is 1120. The summed E-state index contributed by atoms with van der Waals surface area (Å²) in [6, 6.07) is 5.51. The molecular weight excluding hydrogens is 384 g/mol. The Morgan fingerprint density at radius 2 is 1.83 bits per heavy atom. The Morgan fingerprint density at radius 3 is 2.40 bits per heavy atom. The molecule has 0 amide bonds. The third-order valence-corrected chi connectivity index (χ3v) is 5.51. The Kier molecular flexibility index (Phi) is 5.78. The van der Waals surface area contributed by atoms with Gasteiger partial charge in [-0.25, -0.2) is 4.79 Å². The van der Waals surface area contributed by atoms with E-state index in [0.29, 0.717) is 36.1 Å². The van der Waals surface area contributed by atoms with Gasteiger partial charge in [0.05, 0.1) is 14.2 Å². The van der Waals surface area contributed by atoms with Gasteiger partial charge in [-0.15, -0.1) is 0 Å². The maximum atomic E-state index is 13.0. The highest BCUT2D eigenvalue weighted by atomic mass is 16.5. The van der Waals surface area contributed by atoms with E-state index in [4.69, 9.17) is 9.47 Å². The van der Waals surface area contributed by atoms with E-state index < -0.39 is 5.66 Å². The van der Waals surface area contributed by atoms with Crippen LogP contribution in [-0.4, -0.2) is 36.1 Å². The number of methoxy groups -OCH3 is 2. The summed E-state index contributed by atoms with van der Waals surface area (Å²) in [5, 5.41) is 3.33. The number of fused-ring (bicyclic) bond motifs is 1. The average molecular weight is 412 g/mol. The van der Waals surface area contributed by atoms with Crippen LogP contribution in [0, 0.1) is 0 Å². The van der Waals surface area contributed by atoms with Gasteiger partial charge in [-0.05, 0) is 44.2 Å². The van der Waals surface area contributed by atoms with E-state index in [9.17, 15) is 9.59 Å². The monoisotopic (exact) mass is 412 g/mol. The zero-order valence-electron chi connectivity index (χ0n) is 18.1. The number of aromatic nitrogens is 2. The minimum absolute atomic E-state index is 0.302. The van der Waals surface area contributed by atoms with Crippen LogP contribution < -0.4 is 30.9 Å². The molecule has 1 atom stereocenters. The van der Waals surface area contributed by atoms with Crippen LogP contribution in [0.4, 0.5) is 11.5 Å². The highest BCUT2D eigenvalue weighted by molar-refractivity contribution is 5.78. The van der Waals surface area contributed by atoms with Gasteiger partial charge in [0.1, 0.15) is 23.0 Å². The van der Waals surface area contributed by atoms with Gasteiger partial charge in [-0.2, -0.15) is 0 Å². The second-order valence-electron chi connectivity index (χ2n) is 6.93. The number of rotatable bonds is 7. The molecule has 2 heterocycles. The van der Waals surface area contributed by atoms with Crippen molar-refractivity contribution in [3.05, 3.63) is 63.3 Å². The molecule has 160 valence electrons. The van der Waals surface area contributed by atoms with Crippen molar-refractivity contribution in [2.24, 2.45) is 0 Å². The first-order valence-corrected chi connectivity index (χ1v) is 9.81. The van der Waals surface area contributed by atoms with E-state index in [1.165, 1.54) is 4.57 Å².